The van der Waals surface area contributed by atoms with E-state index in [4.69, 9.17) is 5.73 Å². The van der Waals surface area contributed by atoms with Crippen molar-refractivity contribution in [1.29, 1.82) is 0 Å². The van der Waals surface area contributed by atoms with Crippen LogP contribution in [0.3, 0.4) is 0 Å². The third-order valence-corrected chi connectivity index (χ3v) is 2.65. The van der Waals surface area contributed by atoms with Gasteiger partial charge in [-0.1, -0.05) is 12.1 Å². The number of anilines is 1. The highest BCUT2D eigenvalue weighted by molar-refractivity contribution is 5.79. The Morgan fingerprint density at radius 2 is 2.17 bits per heavy atom. The Morgan fingerprint density at radius 1 is 1.44 bits per heavy atom. The molecule has 0 bridgehead atoms. The van der Waals surface area contributed by atoms with Crippen molar-refractivity contribution < 1.29 is 4.79 Å². The van der Waals surface area contributed by atoms with Crippen LogP contribution in [0.15, 0.2) is 36.7 Å². The van der Waals surface area contributed by atoms with E-state index in [0.717, 1.165) is 11.4 Å². The molecule has 5 heteroatoms. The van der Waals surface area contributed by atoms with Gasteiger partial charge in [0, 0.05) is 18.1 Å². The Labute approximate surface area is 105 Å². The summed E-state index contributed by atoms with van der Waals surface area (Å²) in [5, 5.41) is 2.88. The first-order chi connectivity index (χ1) is 8.65. The molecule has 1 aromatic heterocycles. The summed E-state index contributed by atoms with van der Waals surface area (Å²) < 4.78 is 0. The first kappa shape index (κ1) is 12.2. The summed E-state index contributed by atoms with van der Waals surface area (Å²) in [5.74, 6) is 0.712. The maximum absolute atomic E-state index is 11.8. The summed E-state index contributed by atoms with van der Waals surface area (Å²) >= 11 is 0. The molecule has 5 nitrogen and oxygen atoms in total. The molecule has 0 spiro atoms. The number of H-pyrrole nitrogens is 1. The number of amides is 1. The van der Waals surface area contributed by atoms with Crippen molar-refractivity contribution >= 4 is 11.6 Å². The quantitative estimate of drug-likeness (QED) is 0.711. The maximum Gasteiger partial charge on any atom is 0.224 e. The van der Waals surface area contributed by atoms with Gasteiger partial charge in [-0.3, -0.25) is 4.79 Å². The van der Waals surface area contributed by atoms with E-state index in [1.165, 1.54) is 0 Å². The molecule has 0 saturated heterocycles. The van der Waals surface area contributed by atoms with Crippen LogP contribution in [-0.2, 0) is 11.2 Å². The third kappa shape index (κ3) is 3.10. The minimum Gasteiger partial charge on any atom is -0.399 e. The van der Waals surface area contributed by atoms with Gasteiger partial charge in [0.25, 0.3) is 0 Å². The molecule has 0 aliphatic rings. The van der Waals surface area contributed by atoms with Crippen molar-refractivity contribution in [3.63, 3.8) is 0 Å². The number of imidazole rings is 1. The summed E-state index contributed by atoms with van der Waals surface area (Å²) in [6.07, 6.45) is 3.74. The highest BCUT2D eigenvalue weighted by Crippen LogP contribution is 2.08. The van der Waals surface area contributed by atoms with Crippen LogP contribution in [0.2, 0.25) is 0 Å². The van der Waals surface area contributed by atoms with Gasteiger partial charge in [-0.05, 0) is 24.6 Å². The van der Waals surface area contributed by atoms with Crippen LogP contribution in [0.25, 0.3) is 0 Å². The second-order valence-electron chi connectivity index (χ2n) is 4.18. The molecule has 0 fully saturated rings. The van der Waals surface area contributed by atoms with Gasteiger partial charge in [-0.15, -0.1) is 0 Å². The van der Waals surface area contributed by atoms with Crippen LogP contribution in [-0.4, -0.2) is 15.9 Å². The monoisotopic (exact) mass is 244 g/mol. The van der Waals surface area contributed by atoms with Crippen molar-refractivity contribution in [2.75, 3.05) is 5.73 Å². The molecule has 4 N–H and O–H groups in total. The van der Waals surface area contributed by atoms with E-state index in [1.807, 2.05) is 19.1 Å². The maximum atomic E-state index is 11.8. The van der Waals surface area contributed by atoms with Crippen molar-refractivity contribution in [2.24, 2.45) is 0 Å². The lowest BCUT2D eigenvalue weighted by Gasteiger charge is -2.11. The lowest BCUT2D eigenvalue weighted by atomic mass is 10.1. The molecule has 0 saturated carbocycles. The number of hydrogen-bond donors (Lipinski definition) is 3. The normalized spacial score (nSPS) is 12.1. The van der Waals surface area contributed by atoms with Gasteiger partial charge in [-0.2, -0.15) is 0 Å². The number of aromatic amines is 1. The number of nitrogen functional groups attached to an aromatic ring is 1. The Kier molecular flexibility index (Phi) is 3.62. The average molecular weight is 244 g/mol. The Hall–Kier alpha value is -2.30. The number of nitrogens with one attached hydrogen (secondary N) is 2. The van der Waals surface area contributed by atoms with Gasteiger partial charge < -0.3 is 16.0 Å². The summed E-state index contributed by atoms with van der Waals surface area (Å²) in [5.41, 5.74) is 7.23. The Balaban J connectivity index is 1.91. The van der Waals surface area contributed by atoms with Crippen molar-refractivity contribution in [3.05, 3.63) is 48.0 Å². The zero-order valence-electron chi connectivity index (χ0n) is 10.2. The van der Waals surface area contributed by atoms with Crippen molar-refractivity contribution in [3.8, 4) is 0 Å². The SMILES string of the molecule is CC(NC(=O)Cc1ccc(N)cc1)c1ncc[nH]1. The highest BCUT2D eigenvalue weighted by Gasteiger charge is 2.11. The molecule has 0 aliphatic heterocycles. The van der Waals surface area contributed by atoms with E-state index in [9.17, 15) is 4.79 Å². The highest BCUT2D eigenvalue weighted by atomic mass is 16.1. The lowest BCUT2D eigenvalue weighted by Crippen LogP contribution is -2.28. The van der Waals surface area contributed by atoms with Crippen LogP contribution < -0.4 is 11.1 Å². The molecule has 18 heavy (non-hydrogen) atoms. The number of nitrogens with two attached hydrogens (primary N) is 1. The summed E-state index contributed by atoms with van der Waals surface area (Å²) in [4.78, 5) is 18.9. The molecule has 2 aromatic rings. The average Bonchev–Trinajstić information content (AvgIpc) is 2.85. The van der Waals surface area contributed by atoms with Gasteiger partial charge in [0.1, 0.15) is 5.82 Å². The van der Waals surface area contributed by atoms with Gasteiger partial charge in [0.2, 0.25) is 5.91 Å². The van der Waals surface area contributed by atoms with Crippen LogP contribution in [0.1, 0.15) is 24.4 Å². The molecule has 94 valence electrons. The standard InChI is InChI=1S/C13H16N4O/c1-9(13-15-6-7-16-13)17-12(18)8-10-2-4-11(14)5-3-10/h2-7,9H,8,14H2,1H3,(H,15,16)(H,17,18). The Bertz CT molecular complexity index is 504. The number of carbonyl (C=O) groups is 1. The number of nitrogens with zero attached hydrogens (tertiary/aromatic N) is 1. The second kappa shape index (κ2) is 5.35. The topological polar surface area (TPSA) is 83.8 Å². The molecule has 1 heterocycles. The molecule has 1 amide bonds. The first-order valence-electron chi connectivity index (χ1n) is 5.78. The van der Waals surface area contributed by atoms with E-state index < -0.39 is 0 Å². The molecule has 0 aliphatic carbocycles. The number of carbonyl (C=O) groups excluding carboxylic acids is 1. The summed E-state index contributed by atoms with van der Waals surface area (Å²) in [6.45, 7) is 1.89. The molecule has 1 atom stereocenters. The van der Waals surface area contributed by atoms with Gasteiger partial charge in [-0.25, -0.2) is 4.98 Å². The van der Waals surface area contributed by atoms with Crippen molar-refractivity contribution in [2.45, 2.75) is 19.4 Å². The fourth-order valence-electron chi connectivity index (χ4n) is 1.70. The van der Waals surface area contributed by atoms with Crippen LogP contribution in [0.5, 0.6) is 0 Å². The fourth-order valence-corrected chi connectivity index (χ4v) is 1.70. The molecular formula is C13H16N4O. The second-order valence-corrected chi connectivity index (χ2v) is 4.18. The van der Waals surface area contributed by atoms with E-state index in [1.54, 1.807) is 24.5 Å². The lowest BCUT2D eigenvalue weighted by molar-refractivity contribution is -0.121. The largest absolute Gasteiger partial charge is 0.399 e. The molecule has 0 radical (unpaired) electrons. The summed E-state index contributed by atoms with van der Waals surface area (Å²) in [7, 11) is 0. The van der Waals surface area contributed by atoms with Gasteiger partial charge in [0.05, 0.1) is 12.5 Å². The summed E-state index contributed by atoms with van der Waals surface area (Å²) in [6, 6.07) is 7.16. The molecule has 1 aromatic carbocycles. The number of rotatable bonds is 4. The first-order valence-corrected chi connectivity index (χ1v) is 5.78. The fraction of sp³-hybridized carbons (Fsp3) is 0.231. The number of hydrogen-bond acceptors (Lipinski definition) is 3. The van der Waals surface area contributed by atoms with E-state index >= 15 is 0 Å². The van der Waals surface area contributed by atoms with Crippen molar-refractivity contribution in [1.82, 2.24) is 15.3 Å². The van der Waals surface area contributed by atoms with Gasteiger partial charge >= 0.3 is 0 Å². The minimum atomic E-state index is -0.124. The minimum absolute atomic E-state index is 0.0383. The molecular weight excluding hydrogens is 228 g/mol. The zero-order valence-corrected chi connectivity index (χ0v) is 10.2. The van der Waals surface area contributed by atoms with E-state index in [-0.39, 0.29) is 11.9 Å². The van der Waals surface area contributed by atoms with Gasteiger partial charge in [0.15, 0.2) is 0 Å². The Morgan fingerprint density at radius 3 is 2.78 bits per heavy atom. The third-order valence-electron chi connectivity index (χ3n) is 2.65. The predicted molar refractivity (Wildman–Crippen MR) is 69.7 cm³/mol. The van der Waals surface area contributed by atoms with E-state index in [2.05, 4.69) is 15.3 Å². The molecule has 2 rings (SSSR count). The molecule has 1 unspecified atom stereocenters. The van der Waals surface area contributed by atoms with Crippen LogP contribution in [0, 0.1) is 0 Å². The van der Waals surface area contributed by atoms with Crippen LogP contribution in [0.4, 0.5) is 5.69 Å². The smallest absolute Gasteiger partial charge is 0.224 e. The number of benzene rings is 1. The zero-order chi connectivity index (χ0) is 13.0. The predicted octanol–water partition coefficient (Wildman–Crippen LogP) is 1.41. The van der Waals surface area contributed by atoms with Crippen LogP contribution >= 0.6 is 0 Å². The number of aromatic nitrogens is 2. The van der Waals surface area contributed by atoms with E-state index in [0.29, 0.717) is 12.1 Å².